The minimum absolute atomic E-state index is 0.0838. The second-order valence-corrected chi connectivity index (χ2v) is 9.18. The van der Waals surface area contributed by atoms with Crippen molar-refractivity contribution in [1.82, 2.24) is 10.3 Å². The van der Waals surface area contributed by atoms with Crippen LogP contribution in [-0.2, 0) is 18.9 Å². The lowest BCUT2D eigenvalue weighted by Gasteiger charge is -2.39. The van der Waals surface area contributed by atoms with Crippen LogP contribution in [0.15, 0.2) is 47.4 Å². The van der Waals surface area contributed by atoms with Crippen LogP contribution in [0.4, 0.5) is 66.7 Å². The summed E-state index contributed by atoms with van der Waals surface area (Å²) in [7, 11) is 0.979. The Hall–Kier alpha value is -3.94. The normalized spacial score (nSPS) is 17.1. The van der Waals surface area contributed by atoms with Crippen LogP contribution in [0.1, 0.15) is 38.2 Å². The van der Waals surface area contributed by atoms with Crippen molar-refractivity contribution in [3.63, 3.8) is 0 Å². The average Bonchev–Trinajstić information content (AvgIpc) is 2.93. The third kappa shape index (κ3) is 7.00. The Labute approximate surface area is 244 Å². The molecule has 0 fully saturated rings. The van der Waals surface area contributed by atoms with Crippen LogP contribution in [0, 0.1) is 0 Å². The van der Waals surface area contributed by atoms with E-state index in [1.165, 1.54) is 38.4 Å². The zero-order valence-electron chi connectivity index (χ0n) is 22.8. The van der Waals surface area contributed by atoms with Gasteiger partial charge in [0.1, 0.15) is 17.4 Å². The zero-order chi connectivity index (χ0) is 34.8. The molecular weight excluding hydrogens is 659 g/mol. The number of alkyl halides is 13. The van der Waals surface area contributed by atoms with E-state index in [1.807, 2.05) is 0 Å². The number of dihydropyridines is 1. The van der Waals surface area contributed by atoms with Gasteiger partial charge < -0.3 is 24.3 Å². The number of nitrogens with zero attached hydrogens (tertiary/aromatic N) is 1. The topological polar surface area (TPSA) is 96.0 Å². The number of aromatic nitrogens is 1. The van der Waals surface area contributed by atoms with E-state index in [1.54, 1.807) is 0 Å². The number of rotatable bonds is 11. The standard InChI is InChI=1S/C24H21F13N2O6/c1-11-15(44-17(40)42-3)14(13-6-4-8-38-10-13)16(12(2)39-11)45-18(41)43-9-5-7-19(25,26)20(27,28)21(29,30)22(31,32)23(33,34)24(35,36)37/h4,6,8,10,14,39H,5,7,9H2,1-3H3. The van der Waals surface area contributed by atoms with Gasteiger partial charge in [0, 0.05) is 18.8 Å². The quantitative estimate of drug-likeness (QED) is 0.145. The predicted octanol–water partition coefficient (Wildman–Crippen LogP) is 7.69. The fourth-order valence-corrected chi connectivity index (χ4v) is 3.74. The molecule has 1 unspecified atom stereocenters. The highest BCUT2D eigenvalue weighted by Gasteiger charge is 2.90. The maximum atomic E-state index is 14.0. The van der Waals surface area contributed by atoms with Crippen molar-refractivity contribution in [2.24, 2.45) is 0 Å². The van der Waals surface area contributed by atoms with E-state index in [0.717, 1.165) is 7.11 Å². The number of ether oxygens (including phenoxy) is 4. The lowest BCUT2D eigenvalue weighted by molar-refractivity contribution is -0.440. The molecule has 21 heteroatoms. The summed E-state index contributed by atoms with van der Waals surface area (Å²) in [6, 6.07) is 2.89. The molecule has 2 rings (SSSR count). The van der Waals surface area contributed by atoms with Gasteiger partial charge in [-0.05, 0) is 31.9 Å². The van der Waals surface area contributed by atoms with Crippen LogP contribution in [-0.4, -0.2) is 66.8 Å². The van der Waals surface area contributed by atoms with E-state index >= 15 is 0 Å². The van der Waals surface area contributed by atoms with Crippen LogP contribution in [0.2, 0.25) is 0 Å². The maximum Gasteiger partial charge on any atom is 0.513 e. The highest BCUT2D eigenvalue weighted by Crippen LogP contribution is 2.60. The van der Waals surface area contributed by atoms with E-state index in [-0.39, 0.29) is 28.5 Å². The molecular formula is C24H21F13N2O6. The number of hydrogen-bond donors (Lipinski definition) is 1. The molecule has 0 saturated heterocycles. The number of hydrogen-bond acceptors (Lipinski definition) is 8. The van der Waals surface area contributed by atoms with Crippen LogP contribution in [0.3, 0.4) is 0 Å². The third-order valence-corrected chi connectivity index (χ3v) is 6.06. The molecule has 0 aromatic carbocycles. The SMILES string of the molecule is COC(=O)OC1=C(C)NC(C)=C(OC(=O)OCCCC(F)(F)C(F)(F)C(F)(F)C(F)(F)C(F)(F)C(F)(F)F)C1c1cccnc1. The van der Waals surface area contributed by atoms with Gasteiger partial charge >= 0.3 is 48.1 Å². The lowest BCUT2D eigenvalue weighted by Crippen LogP contribution is -2.70. The summed E-state index contributed by atoms with van der Waals surface area (Å²) >= 11 is 0. The Kier molecular flexibility index (Phi) is 10.6. The van der Waals surface area contributed by atoms with E-state index in [2.05, 4.69) is 19.8 Å². The van der Waals surface area contributed by atoms with Crippen LogP contribution >= 0.6 is 0 Å². The van der Waals surface area contributed by atoms with Gasteiger partial charge in [-0.3, -0.25) is 4.98 Å². The van der Waals surface area contributed by atoms with Crippen LogP contribution in [0.25, 0.3) is 0 Å². The molecule has 45 heavy (non-hydrogen) atoms. The summed E-state index contributed by atoms with van der Waals surface area (Å²) in [5.41, 5.74) is 0.543. The first-order valence-electron chi connectivity index (χ1n) is 12.0. The molecule has 0 saturated carbocycles. The van der Waals surface area contributed by atoms with Crippen molar-refractivity contribution in [1.29, 1.82) is 0 Å². The first-order chi connectivity index (χ1) is 20.4. The van der Waals surface area contributed by atoms with Crippen molar-refractivity contribution in [2.45, 2.75) is 68.4 Å². The molecule has 0 spiro atoms. The Morgan fingerprint density at radius 1 is 0.800 bits per heavy atom. The molecule has 1 aliphatic rings. The molecule has 2 heterocycles. The highest BCUT2D eigenvalue weighted by atomic mass is 19.4. The van der Waals surface area contributed by atoms with Gasteiger partial charge in [0.15, 0.2) is 0 Å². The first kappa shape index (κ1) is 37.2. The fraction of sp³-hybridized carbons (Fsp3) is 0.542. The van der Waals surface area contributed by atoms with Gasteiger partial charge in [-0.1, -0.05) is 6.07 Å². The van der Waals surface area contributed by atoms with Crippen molar-refractivity contribution in [2.75, 3.05) is 13.7 Å². The molecule has 1 atom stereocenters. The van der Waals surface area contributed by atoms with Crippen LogP contribution in [0.5, 0.6) is 0 Å². The van der Waals surface area contributed by atoms with Gasteiger partial charge in [0.05, 0.1) is 25.1 Å². The van der Waals surface area contributed by atoms with Crippen LogP contribution < -0.4 is 5.32 Å². The van der Waals surface area contributed by atoms with E-state index < -0.39 is 73.5 Å². The largest absolute Gasteiger partial charge is 0.513 e. The fourth-order valence-electron chi connectivity index (χ4n) is 3.74. The van der Waals surface area contributed by atoms with E-state index in [4.69, 9.17) is 9.47 Å². The molecule has 0 aliphatic carbocycles. The number of pyridine rings is 1. The van der Waals surface area contributed by atoms with Gasteiger partial charge in [0.2, 0.25) is 0 Å². The lowest BCUT2D eigenvalue weighted by atomic mass is 9.91. The first-order valence-corrected chi connectivity index (χ1v) is 12.0. The van der Waals surface area contributed by atoms with E-state index in [9.17, 15) is 66.7 Å². The van der Waals surface area contributed by atoms with E-state index in [0.29, 0.717) is 0 Å². The Bertz CT molecular complexity index is 1310. The number of allylic oxidation sites excluding steroid dienone is 2. The molecule has 0 bridgehead atoms. The molecule has 8 nitrogen and oxygen atoms in total. The summed E-state index contributed by atoms with van der Waals surface area (Å²) in [6.07, 6.45) is -11.9. The molecule has 1 aliphatic heterocycles. The second kappa shape index (κ2) is 12.8. The van der Waals surface area contributed by atoms with Gasteiger partial charge in [0.25, 0.3) is 0 Å². The smallest absolute Gasteiger partial charge is 0.437 e. The summed E-state index contributed by atoms with van der Waals surface area (Å²) in [4.78, 5) is 28.0. The van der Waals surface area contributed by atoms with Crippen molar-refractivity contribution in [3.8, 4) is 0 Å². The third-order valence-electron chi connectivity index (χ3n) is 6.06. The predicted molar refractivity (Wildman–Crippen MR) is 121 cm³/mol. The number of halogens is 13. The number of carbonyl (C=O) groups is 2. The second-order valence-electron chi connectivity index (χ2n) is 9.18. The summed E-state index contributed by atoms with van der Waals surface area (Å²) < 4.78 is 191. The number of nitrogens with one attached hydrogen (secondary N) is 1. The van der Waals surface area contributed by atoms with Gasteiger partial charge in [-0.2, -0.15) is 57.1 Å². The number of methoxy groups -OCH3 is 1. The summed E-state index contributed by atoms with van der Waals surface area (Å²) in [5.74, 6) is -39.3. The molecule has 0 amide bonds. The van der Waals surface area contributed by atoms with Crippen molar-refractivity contribution in [3.05, 3.63) is 53.0 Å². The Balaban J connectivity index is 2.18. The zero-order valence-corrected chi connectivity index (χ0v) is 22.8. The number of carbonyl (C=O) groups excluding carboxylic acids is 2. The average molecular weight is 680 g/mol. The van der Waals surface area contributed by atoms with Gasteiger partial charge in [-0.15, -0.1) is 0 Å². The molecule has 0 radical (unpaired) electrons. The Morgan fingerprint density at radius 2 is 1.31 bits per heavy atom. The summed E-state index contributed by atoms with van der Waals surface area (Å²) in [5, 5.41) is 2.70. The van der Waals surface area contributed by atoms with Crippen molar-refractivity contribution >= 4 is 12.3 Å². The minimum Gasteiger partial charge on any atom is -0.437 e. The minimum atomic E-state index is -8.01. The summed E-state index contributed by atoms with van der Waals surface area (Å²) in [6.45, 7) is 1.44. The van der Waals surface area contributed by atoms with Crippen molar-refractivity contribution < 1.29 is 85.6 Å². The molecule has 1 N–H and O–H groups in total. The maximum absolute atomic E-state index is 14.0. The highest BCUT2D eigenvalue weighted by molar-refractivity contribution is 5.65. The molecule has 254 valence electrons. The van der Waals surface area contributed by atoms with Gasteiger partial charge in [-0.25, -0.2) is 9.59 Å². The molecule has 1 aromatic rings. The monoisotopic (exact) mass is 680 g/mol. The molecule has 1 aromatic heterocycles. The Morgan fingerprint density at radius 3 is 1.78 bits per heavy atom.